The highest BCUT2D eigenvalue weighted by Gasteiger charge is 2.32. The molecule has 0 aliphatic rings. The quantitative estimate of drug-likeness (QED) is 0.260. The van der Waals surface area contributed by atoms with E-state index in [0.29, 0.717) is 26.0 Å². The van der Waals surface area contributed by atoms with Crippen LogP contribution in [-0.4, -0.2) is 42.0 Å². The maximum Gasteiger partial charge on any atom is 0.243 e. The van der Waals surface area contributed by atoms with Crippen LogP contribution in [0.15, 0.2) is 83.3 Å². The molecule has 3 aromatic rings. The van der Waals surface area contributed by atoms with Gasteiger partial charge in [-0.15, -0.1) is 0 Å². The van der Waals surface area contributed by atoms with Gasteiger partial charge in [-0.2, -0.15) is 0 Å². The van der Waals surface area contributed by atoms with E-state index in [2.05, 4.69) is 21.2 Å². The zero-order valence-electron chi connectivity index (χ0n) is 22.6. The van der Waals surface area contributed by atoms with Gasteiger partial charge in [-0.1, -0.05) is 58.4 Å². The molecular formula is C31H37BrN2O4. The third-order valence-electron chi connectivity index (χ3n) is 5.87. The second-order valence-electron chi connectivity index (χ2n) is 10.2. The van der Waals surface area contributed by atoms with Crippen LogP contribution in [0.5, 0.6) is 11.5 Å². The first kappa shape index (κ1) is 29.2. The normalized spacial score (nSPS) is 11.9. The fraction of sp³-hybridized carbons (Fsp3) is 0.355. The Balaban J connectivity index is 1.79. The third kappa shape index (κ3) is 9.53. The molecule has 0 bridgehead atoms. The van der Waals surface area contributed by atoms with Gasteiger partial charge in [-0.3, -0.25) is 9.59 Å². The average Bonchev–Trinajstić information content (AvgIpc) is 2.88. The molecule has 0 aliphatic carbocycles. The smallest absolute Gasteiger partial charge is 0.243 e. The van der Waals surface area contributed by atoms with Crippen molar-refractivity contribution in [1.29, 1.82) is 0 Å². The SMILES string of the molecule is COc1ccc(OCCCC(=O)N(Cc2cccc(Br)c2)C(Cc2ccccc2)C(=O)NC(C)(C)C)cc1. The van der Waals surface area contributed by atoms with Gasteiger partial charge in [0.1, 0.15) is 17.5 Å². The number of benzene rings is 3. The molecule has 0 saturated carbocycles. The van der Waals surface area contributed by atoms with E-state index in [1.54, 1.807) is 12.0 Å². The standard InChI is InChI=1S/C31H37BrN2O4/c1-31(2,3)33-30(36)28(21-23-10-6-5-7-11-23)34(22-24-12-8-13-25(32)20-24)29(35)14-9-19-38-27-17-15-26(37-4)16-18-27/h5-8,10-13,15-18,20,28H,9,14,19,21-22H2,1-4H3,(H,33,36). The molecule has 3 rings (SSSR count). The lowest BCUT2D eigenvalue weighted by Crippen LogP contribution is -2.54. The molecule has 1 unspecified atom stereocenters. The minimum atomic E-state index is -0.661. The van der Waals surface area contributed by atoms with Crippen molar-refractivity contribution in [1.82, 2.24) is 10.2 Å². The predicted octanol–water partition coefficient (Wildman–Crippen LogP) is 6.17. The molecule has 6 nitrogen and oxygen atoms in total. The molecule has 1 atom stereocenters. The maximum atomic E-state index is 13.7. The summed E-state index contributed by atoms with van der Waals surface area (Å²) in [5, 5.41) is 3.09. The van der Waals surface area contributed by atoms with E-state index in [4.69, 9.17) is 9.47 Å². The first-order chi connectivity index (χ1) is 18.1. The highest BCUT2D eigenvalue weighted by Crippen LogP contribution is 2.20. The van der Waals surface area contributed by atoms with Crippen LogP contribution in [0.1, 0.15) is 44.7 Å². The molecule has 3 aromatic carbocycles. The van der Waals surface area contributed by atoms with Crippen LogP contribution >= 0.6 is 15.9 Å². The number of carbonyl (C=O) groups excluding carboxylic acids is 2. The van der Waals surface area contributed by atoms with Gasteiger partial charge in [0, 0.05) is 29.4 Å². The van der Waals surface area contributed by atoms with Gasteiger partial charge < -0.3 is 19.7 Å². The van der Waals surface area contributed by atoms with Crippen LogP contribution in [0.4, 0.5) is 0 Å². The number of ether oxygens (including phenoxy) is 2. The number of halogens is 1. The molecule has 0 aliphatic heterocycles. The first-order valence-corrected chi connectivity index (χ1v) is 13.6. The van der Waals surface area contributed by atoms with E-state index in [-0.39, 0.29) is 18.2 Å². The molecule has 0 aromatic heterocycles. The number of rotatable bonds is 12. The van der Waals surface area contributed by atoms with Gasteiger partial charge in [0.2, 0.25) is 11.8 Å². The minimum absolute atomic E-state index is 0.0895. The molecular weight excluding hydrogens is 544 g/mol. The van der Waals surface area contributed by atoms with Crippen LogP contribution in [0.3, 0.4) is 0 Å². The van der Waals surface area contributed by atoms with Crippen molar-refractivity contribution in [3.05, 3.63) is 94.5 Å². The number of amides is 2. The van der Waals surface area contributed by atoms with Crippen molar-refractivity contribution >= 4 is 27.7 Å². The highest BCUT2D eigenvalue weighted by atomic mass is 79.9. The molecule has 0 fully saturated rings. The molecule has 7 heteroatoms. The number of methoxy groups -OCH3 is 1. The van der Waals surface area contributed by atoms with Crippen molar-refractivity contribution in [2.45, 2.75) is 58.2 Å². The fourth-order valence-electron chi connectivity index (χ4n) is 4.07. The second-order valence-corrected chi connectivity index (χ2v) is 11.1. The number of carbonyl (C=O) groups is 2. The Morgan fingerprint density at radius 2 is 1.58 bits per heavy atom. The van der Waals surface area contributed by atoms with Crippen molar-refractivity contribution in [3.63, 3.8) is 0 Å². The van der Waals surface area contributed by atoms with E-state index >= 15 is 0 Å². The number of nitrogens with one attached hydrogen (secondary N) is 1. The van der Waals surface area contributed by atoms with E-state index in [1.165, 1.54) is 0 Å². The van der Waals surface area contributed by atoms with Crippen molar-refractivity contribution < 1.29 is 19.1 Å². The molecule has 0 saturated heterocycles. The zero-order chi connectivity index (χ0) is 27.5. The Bertz CT molecular complexity index is 1180. The first-order valence-electron chi connectivity index (χ1n) is 12.8. The van der Waals surface area contributed by atoms with E-state index in [0.717, 1.165) is 27.1 Å². The van der Waals surface area contributed by atoms with E-state index < -0.39 is 11.6 Å². The Kier molecular flexibility index (Phi) is 10.8. The summed E-state index contributed by atoms with van der Waals surface area (Å²) in [5.41, 5.74) is 1.52. The summed E-state index contributed by atoms with van der Waals surface area (Å²) in [6, 6.07) is 24.3. The summed E-state index contributed by atoms with van der Waals surface area (Å²) in [6.07, 6.45) is 1.21. The molecule has 2 amide bonds. The molecule has 0 radical (unpaired) electrons. The summed E-state index contributed by atoms with van der Waals surface area (Å²) < 4.78 is 11.9. The summed E-state index contributed by atoms with van der Waals surface area (Å²) in [5.74, 6) is 1.22. The fourth-order valence-corrected chi connectivity index (χ4v) is 4.51. The second kappa shape index (κ2) is 14.0. The Morgan fingerprint density at radius 3 is 2.21 bits per heavy atom. The lowest BCUT2D eigenvalue weighted by atomic mass is 10.00. The van der Waals surface area contributed by atoms with Crippen molar-refractivity contribution in [3.8, 4) is 11.5 Å². The van der Waals surface area contributed by atoms with Gasteiger partial charge in [0.05, 0.1) is 13.7 Å². The van der Waals surface area contributed by atoms with Gasteiger partial charge >= 0.3 is 0 Å². The van der Waals surface area contributed by atoms with E-state index in [1.807, 2.05) is 99.6 Å². The third-order valence-corrected chi connectivity index (χ3v) is 6.37. The van der Waals surface area contributed by atoms with Gasteiger partial charge in [-0.05, 0) is 74.7 Å². The zero-order valence-corrected chi connectivity index (χ0v) is 24.2. The Morgan fingerprint density at radius 1 is 0.921 bits per heavy atom. The van der Waals surface area contributed by atoms with Crippen molar-refractivity contribution in [2.75, 3.05) is 13.7 Å². The van der Waals surface area contributed by atoms with Crippen LogP contribution in [-0.2, 0) is 22.6 Å². The molecule has 0 spiro atoms. The predicted molar refractivity (Wildman–Crippen MR) is 154 cm³/mol. The number of hydrogen-bond acceptors (Lipinski definition) is 4. The van der Waals surface area contributed by atoms with Gasteiger partial charge in [0.15, 0.2) is 0 Å². The minimum Gasteiger partial charge on any atom is -0.497 e. The lowest BCUT2D eigenvalue weighted by molar-refractivity contribution is -0.142. The summed E-state index contributed by atoms with van der Waals surface area (Å²) in [6.45, 7) is 6.55. The van der Waals surface area contributed by atoms with Gasteiger partial charge in [-0.25, -0.2) is 0 Å². The van der Waals surface area contributed by atoms with Crippen LogP contribution in [0, 0.1) is 0 Å². The molecule has 1 N–H and O–H groups in total. The van der Waals surface area contributed by atoms with Crippen LogP contribution in [0.2, 0.25) is 0 Å². The lowest BCUT2D eigenvalue weighted by Gasteiger charge is -2.34. The molecule has 38 heavy (non-hydrogen) atoms. The van der Waals surface area contributed by atoms with E-state index in [9.17, 15) is 9.59 Å². The monoisotopic (exact) mass is 580 g/mol. The summed E-state index contributed by atoms with van der Waals surface area (Å²) >= 11 is 3.52. The topological polar surface area (TPSA) is 67.9 Å². The Labute approximate surface area is 234 Å². The average molecular weight is 582 g/mol. The molecule has 0 heterocycles. The summed E-state index contributed by atoms with van der Waals surface area (Å²) in [4.78, 5) is 29.0. The summed E-state index contributed by atoms with van der Waals surface area (Å²) in [7, 11) is 1.62. The molecule has 202 valence electrons. The van der Waals surface area contributed by atoms with Gasteiger partial charge in [0.25, 0.3) is 0 Å². The highest BCUT2D eigenvalue weighted by molar-refractivity contribution is 9.10. The Hall–Kier alpha value is -3.32. The number of nitrogens with zero attached hydrogens (tertiary/aromatic N) is 1. The largest absolute Gasteiger partial charge is 0.497 e. The van der Waals surface area contributed by atoms with Crippen LogP contribution in [0.25, 0.3) is 0 Å². The van der Waals surface area contributed by atoms with Crippen LogP contribution < -0.4 is 14.8 Å². The number of hydrogen-bond donors (Lipinski definition) is 1. The van der Waals surface area contributed by atoms with Crippen molar-refractivity contribution in [2.24, 2.45) is 0 Å². The maximum absolute atomic E-state index is 13.7.